The molecule has 0 radical (unpaired) electrons. The maximum Gasteiger partial charge on any atom is 0.257 e. The van der Waals surface area contributed by atoms with Crippen LogP contribution < -0.4 is 10.5 Å². The number of anilines is 1. The van der Waals surface area contributed by atoms with Gasteiger partial charge in [0.25, 0.3) is 5.56 Å². The van der Waals surface area contributed by atoms with Gasteiger partial charge < -0.3 is 9.88 Å². The molecular weight excluding hydrogens is 468 g/mol. The number of benzene rings is 3. The monoisotopic (exact) mass is 500 g/mol. The molecular formula is C33H32N4O. The highest BCUT2D eigenvalue weighted by atomic mass is 16.1. The minimum Gasteiger partial charge on any atom is -0.378 e. The molecule has 190 valence electrons. The second-order valence-corrected chi connectivity index (χ2v) is 10.4. The fourth-order valence-electron chi connectivity index (χ4n) is 5.49. The largest absolute Gasteiger partial charge is 0.378 e. The van der Waals surface area contributed by atoms with E-state index in [0.29, 0.717) is 16.8 Å². The molecule has 5 heteroatoms. The van der Waals surface area contributed by atoms with Crippen LogP contribution in [0.2, 0.25) is 0 Å². The van der Waals surface area contributed by atoms with Gasteiger partial charge in [0.2, 0.25) is 0 Å². The summed E-state index contributed by atoms with van der Waals surface area (Å²) in [6.07, 6.45) is 2.85. The molecule has 1 fully saturated rings. The Balaban J connectivity index is 1.23. The molecule has 0 amide bonds. The van der Waals surface area contributed by atoms with E-state index in [1.807, 2.05) is 30.3 Å². The molecule has 1 N–H and O–H groups in total. The topological polar surface area (TPSA) is 52.2 Å². The molecule has 1 saturated heterocycles. The van der Waals surface area contributed by atoms with Crippen LogP contribution in [-0.2, 0) is 6.54 Å². The number of aromatic amines is 1. The average molecular weight is 501 g/mol. The van der Waals surface area contributed by atoms with E-state index in [0.717, 1.165) is 42.0 Å². The number of rotatable bonds is 6. The summed E-state index contributed by atoms with van der Waals surface area (Å²) in [5.41, 5.74) is 8.51. The number of nitrogens with one attached hydrogen (secondary N) is 1. The summed E-state index contributed by atoms with van der Waals surface area (Å²) >= 11 is 0. The van der Waals surface area contributed by atoms with Crippen LogP contribution >= 0.6 is 0 Å². The molecule has 1 aliphatic rings. The lowest BCUT2D eigenvalue weighted by Crippen LogP contribution is -2.19. The summed E-state index contributed by atoms with van der Waals surface area (Å²) in [5, 5.41) is 0.603. The number of hydrogen-bond donors (Lipinski definition) is 1. The van der Waals surface area contributed by atoms with E-state index in [4.69, 9.17) is 4.98 Å². The minimum absolute atomic E-state index is 0.119. The first-order chi connectivity index (χ1) is 18.5. The number of aromatic nitrogens is 2. The van der Waals surface area contributed by atoms with Gasteiger partial charge in [0.05, 0.1) is 16.6 Å². The Bertz CT molecular complexity index is 1610. The van der Waals surface area contributed by atoms with Crippen molar-refractivity contribution in [1.29, 1.82) is 0 Å². The van der Waals surface area contributed by atoms with Gasteiger partial charge in [0.15, 0.2) is 0 Å². The molecule has 0 aliphatic carbocycles. The number of likely N-dealkylation sites (tertiary alicyclic amines) is 1. The lowest BCUT2D eigenvalue weighted by atomic mass is 9.97. The SMILES string of the molecule is CN(C)c1ccc(C2CCN(Cc3ccc(-c4nc5cc[nH]c(=O)c5cc4-c4ccccc4)cc3)C2)cc1. The summed E-state index contributed by atoms with van der Waals surface area (Å²) < 4.78 is 0. The van der Waals surface area contributed by atoms with Crippen LogP contribution in [0.25, 0.3) is 33.3 Å². The van der Waals surface area contributed by atoms with Crippen LogP contribution in [0.1, 0.15) is 23.5 Å². The minimum atomic E-state index is -0.119. The third-order valence-electron chi connectivity index (χ3n) is 7.62. The Labute approximate surface area is 223 Å². The van der Waals surface area contributed by atoms with Crippen molar-refractivity contribution in [2.24, 2.45) is 0 Å². The van der Waals surface area contributed by atoms with Gasteiger partial charge in [-0.15, -0.1) is 0 Å². The molecule has 1 aliphatic heterocycles. The molecule has 0 bridgehead atoms. The maximum atomic E-state index is 12.5. The predicted molar refractivity (Wildman–Crippen MR) is 157 cm³/mol. The lowest BCUT2D eigenvalue weighted by Gasteiger charge is -2.18. The summed E-state index contributed by atoms with van der Waals surface area (Å²) in [6.45, 7) is 3.14. The van der Waals surface area contributed by atoms with Crippen molar-refractivity contribution in [3.05, 3.63) is 119 Å². The third kappa shape index (κ3) is 4.85. The number of fused-ring (bicyclic) bond motifs is 1. The molecule has 6 rings (SSSR count). The molecule has 2 aromatic heterocycles. The lowest BCUT2D eigenvalue weighted by molar-refractivity contribution is 0.327. The number of nitrogens with zero attached hydrogens (tertiary/aromatic N) is 3. The van der Waals surface area contributed by atoms with Crippen molar-refractivity contribution in [3.8, 4) is 22.4 Å². The van der Waals surface area contributed by atoms with E-state index in [-0.39, 0.29) is 5.56 Å². The van der Waals surface area contributed by atoms with Gasteiger partial charge in [0, 0.05) is 50.2 Å². The van der Waals surface area contributed by atoms with Crippen LogP contribution in [-0.4, -0.2) is 42.1 Å². The quantitative estimate of drug-likeness (QED) is 0.297. The zero-order valence-electron chi connectivity index (χ0n) is 21.9. The highest BCUT2D eigenvalue weighted by molar-refractivity contribution is 5.91. The van der Waals surface area contributed by atoms with Crippen molar-refractivity contribution in [2.75, 3.05) is 32.1 Å². The Morgan fingerprint density at radius 3 is 2.42 bits per heavy atom. The number of hydrogen-bond acceptors (Lipinski definition) is 4. The number of H-pyrrole nitrogens is 1. The van der Waals surface area contributed by atoms with Crippen LogP contribution in [0.4, 0.5) is 5.69 Å². The second-order valence-electron chi connectivity index (χ2n) is 10.4. The molecule has 1 atom stereocenters. The molecule has 0 saturated carbocycles. The Hall–Kier alpha value is -4.22. The molecule has 5 nitrogen and oxygen atoms in total. The van der Waals surface area contributed by atoms with Gasteiger partial charge in [-0.25, -0.2) is 4.98 Å². The van der Waals surface area contributed by atoms with Gasteiger partial charge in [-0.1, -0.05) is 66.7 Å². The zero-order chi connectivity index (χ0) is 26.1. The van der Waals surface area contributed by atoms with Crippen LogP contribution in [0.3, 0.4) is 0 Å². The fraction of sp³-hybridized carbons (Fsp3) is 0.212. The van der Waals surface area contributed by atoms with Crippen LogP contribution in [0.15, 0.2) is 102 Å². The van der Waals surface area contributed by atoms with Crippen LogP contribution in [0.5, 0.6) is 0 Å². The van der Waals surface area contributed by atoms with Crippen molar-refractivity contribution in [2.45, 2.75) is 18.9 Å². The van der Waals surface area contributed by atoms with Gasteiger partial charge in [0.1, 0.15) is 0 Å². The van der Waals surface area contributed by atoms with Gasteiger partial charge >= 0.3 is 0 Å². The normalized spacial score (nSPS) is 15.7. The zero-order valence-corrected chi connectivity index (χ0v) is 21.9. The summed E-state index contributed by atoms with van der Waals surface area (Å²) in [6, 6.07) is 31.8. The van der Waals surface area contributed by atoms with Crippen molar-refractivity contribution in [3.63, 3.8) is 0 Å². The Kier molecular flexibility index (Phi) is 6.52. The van der Waals surface area contributed by atoms with E-state index in [9.17, 15) is 4.79 Å². The van der Waals surface area contributed by atoms with E-state index >= 15 is 0 Å². The van der Waals surface area contributed by atoms with Crippen molar-refractivity contribution in [1.82, 2.24) is 14.9 Å². The molecule has 3 heterocycles. The van der Waals surface area contributed by atoms with Crippen molar-refractivity contribution >= 4 is 16.6 Å². The second kappa shape index (κ2) is 10.3. The van der Waals surface area contributed by atoms with Gasteiger partial charge in [-0.3, -0.25) is 9.69 Å². The van der Waals surface area contributed by atoms with Crippen LogP contribution in [0, 0.1) is 0 Å². The summed E-state index contributed by atoms with van der Waals surface area (Å²) in [7, 11) is 4.16. The smallest absolute Gasteiger partial charge is 0.257 e. The van der Waals surface area contributed by atoms with Gasteiger partial charge in [-0.05, 0) is 59.8 Å². The molecule has 3 aromatic carbocycles. The van der Waals surface area contributed by atoms with E-state index in [1.165, 1.54) is 23.2 Å². The standard InChI is InChI=1S/C33H32N4O/c1-36(2)28-14-12-24(13-15-28)27-17-19-37(22-27)21-23-8-10-26(11-9-23)32-29(25-6-4-3-5-7-25)20-30-31(35-32)16-18-34-33(30)38/h3-16,18,20,27H,17,19,21-22H2,1-2H3,(H,34,38). The molecule has 1 unspecified atom stereocenters. The summed E-state index contributed by atoms with van der Waals surface area (Å²) in [4.78, 5) is 24.9. The fourth-order valence-corrected chi connectivity index (χ4v) is 5.49. The molecule has 5 aromatic rings. The Morgan fingerprint density at radius 1 is 0.921 bits per heavy atom. The predicted octanol–water partition coefficient (Wildman–Crippen LogP) is 6.31. The van der Waals surface area contributed by atoms with E-state index < -0.39 is 0 Å². The third-order valence-corrected chi connectivity index (χ3v) is 7.62. The first-order valence-corrected chi connectivity index (χ1v) is 13.2. The van der Waals surface area contributed by atoms with Gasteiger partial charge in [-0.2, -0.15) is 0 Å². The van der Waals surface area contributed by atoms with Crippen molar-refractivity contribution < 1.29 is 0 Å². The average Bonchev–Trinajstić information content (AvgIpc) is 3.42. The summed E-state index contributed by atoms with van der Waals surface area (Å²) in [5.74, 6) is 0.587. The number of pyridine rings is 2. The highest BCUT2D eigenvalue weighted by Gasteiger charge is 2.24. The molecule has 38 heavy (non-hydrogen) atoms. The Morgan fingerprint density at radius 2 is 1.68 bits per heavy atom. The van der Waals surface area contributed by atoms with E-state index in [2.05, 4.69) is 89.5 Å². The first-order valence-electron chi connectivity index (χ1n) is 13.2. The molecule has 0 spiro atoms. The first kappa shape index (κ1) is 24.1. The maximum absolute atomic E-state index is 12.5. The van der Waals surface area contributed by atoms with E-state index in [1.54, 1.807) is 6.20 Å². The highest BCUT2D eigenvalue weighted by Crippen LogP contribution is 2.33.